The summed E-state index contributed by atoms with van der Waals surface area (Å²) >= 11 is 2.78. The summed E-state index contributed by atoms with van der Waals surface area (Å²) in [6.45, 7) is 0. The van der Waals surface area contributed by atoms with Crippen LogP contribution in [0.3, 0.4) is 0 Å². The second-order valence-electron chi connectivity index (χ2n) is 9.21. The molecule has 4 heterocycles. The number of carbonyl (C=O) groups is 2. The molecule has 12 nitrogen and oxygen atoms in total. The summed E-state index contributed by atoms with van der Waals surface area (Å²) in [6.07, 6.45) is 7.24. The molecule has 0 saturated heterocycles. The molecule has 4 aromatic rings. The molecule has 2 N–H and O–H groups in total. The standard InChI is InChI=1S/C26H28N8O4S2/c1-37-19-8-4-10-27-17(19)13-21(35)29-25-33-31-23(39-25)15-6-3-7-16(12-15)24-32-34-26(40-24)30-22(36)14-18-20(38-2)9-5-11-28-18/h4-5,8-11,15-16H,3,6-7,12-14H2,1-2H3,(H,29,33,35)(H,30,34,36)/t15-,16-/m1/s1. The third-order valence-electron chi connectivity index (χ3n) is 6.54. The average Bonchev–Trinajstić information content (AvgIpc) is 3.63. The van der Waals surface area contributed by atoms with Crippen LogP contribution in [0.4, 0.5) is 10.3 Å². The predicted molar refractivity (Wildman–Crippen MR) is 150 cm³/mol. The smallest absolute Gasteiger partial charge is 0.232 e. The fourth-order valence-corrected chi connectivity index (χ4v) is 6.47. The second-order valence-corrected chi connectivity index (χ2v) is 11.2. The lowest BCUT2D eigenvalue weighted by Gasteiger charge is -2.25. The van der Waals surface area contributed by atoms with Crippen LogP contribution in [0.1, 0.15) is 58.9 Å². The molecule has 1 saturated carbocycles. The second kappa shape index (κ2) is 12.9. The Balaban J connectivity index is 1.16. The van der Waals surface area contributed by atoms with Crippen LogP contribution in [-0.4, -0.2) is 56.4 Å². The van der Waals surface area contributed by atoms with Gasteiger partial charge in [0.05, 0.1) is 38.4 Å². The van der Waals surface area contributed by atoms with Gasteiger partial charge in [-0.3, -0.25) is 19.6 Å². The lowest BCUT2D eigenvalue weighted by Crippen LogP contribution is -2.15. The van der Waals surface area contributed by atoms with Crippen LogP contribution >= 0.6 is 22.7 Å². The maximum Gasteiger partial charge on any atom is 0.232 e. The Bertz CT molecular complexity index is 1370. The first-order chi connectivity index (χ1) is 19.5. The first-order valence-electron chi connectivity index (χ1n) is 12.7. The predicted octanol–water partition coefficient (Wildman–Crippen LogP) is 4.00. The van der Waals surface area contributed by atoms with Crippen LogP contribution in [0.5, 0.6) is 11.5 Å². The van der Waals surface area contributed by atoms with Gasteiger partial charge in [-0.15, -0.1) is 20.4 Å². The number of amides is 2. The number of pyridine rings is 2. The molecular weight excluding hydrogens is 552 g/mol. The van der Waals surface area contributed by atoms with Crippen LogP contribution in [0, 0.1) is 0 Å². The van der Waals surface area contributed by atoms with Gasteiger partial charge < -0.3 is 20.1 Å². The molecular formula is C26H28N8O4S2. The Morgan fingerprint density at radius 2 is 1.27 bits per heavy atom. The van der Waals surface area contributed by atoms with E-state index in [-0.39, 0.29) is 36.5 Å². The quantitative estimate of drug-likeness (QED) is 0.281. The third kappa shape index (κ3) is 6.74. The molecule has 0 aromatic carbocycles. The highest BCUT2D eigenvalue weighted by atomic mass is 32.1. The van der Waals surface area contributed by atoms with Crippen molar-refractivity contribution in [2.75, 3.05) is 24.9 Å². The lowest BCUT2D eigenvalue weighted by atomic mass is 9.82. The summed E-state index contributed by atoms with van der Waals surface area (Å²) in [5.74, 6) is 1.08. The van der Waals surface area contributed by atoms with Crippen molar-refractivity contribution in [3.63, 3.8) is 0 Å². The minimum Gasteiger partial charge on any atom is -0.495 e. The summed E-state index contributed by atoms with van der Waals surface area (Å²) in [4.78, 5) is 33.6. The topological polar surface area (TPSA) is 154 Å². The van der Waals surface area contributed by atoms with Crippen molar-refractivity contribution in [2.24, 2.45) is 0 Å². The number of methoxy groups -OCH3 is 2. The van der Waals surface area contributed by atoms with E-state index in [1.807, 2.05) is 0 Å². The Labute approximate surface area is 238 Å². The maximum atomic E-state index is 12.6. The van der Waals surface area contributed by atoms with Gasteiger partial charge in [0.1, 0.15) is 21.5 Å². The molecule has 208 valence electrons. The van der Waals surface area contributed by atoms with E-state index in [0.29, 0.717) is 33.1 Å². The van der Waals surface area contributed by atoms with Gasteiger partial charge in [-0.1, -0.05) is 29.1 Å². The molecule has 14 heteroatoms. The molecule has 1 aliphatic rings. The van der Waals surface area contributed by atoms with Crippen LogP contribution < -0.4 is 20.1 Å². The van der Waals surface area contributed by atoms with Crippen molar-refractivity contribution < 1.29 is 19.1 Å². The van der Waals surface area contributed by atoms with Crippen LogP contribution in [0.2, 0.25) is 0 Å². The summed E-state index contributed by atoms with van der Waals surface area (Å²) in [6, 6.07) is 7.06. The van der Waals surface area contributed by atoms with Crippen LogP contribution in [0.25, 0.3) is 0 Å². The average molecular weight is 581 g/mol. The highest BCUT2D eigenvalue weighted by Gasteiger charge is 2.29. The molecule has 0 radical (unpaired) electrons. The highest BCUT2D eigenvalue weighted by Crippen LogP contribution is 2.43. The Kier molecular flexibility index (Phi) is 8.86. The van der Waals surface area contributed by atoms with Crippen molar-refractivity contribution in [3.8, 4) is 11.5 Å². The number of hydrogen-bond acceptors (Lipinski definition) is 12. The number of hydrogen-bond donors (Lipinski definition) is 2. The van der Waals surface area contributed by atoms with Gasteiger partial charge in [0.25, 0.3) is 0 Å². The van der Waals surface area contributed by atoms with Crippen LogP contribution in [0.15, 0.2) is 36.7 Å². The zero-order valence-electron chi connectivity index (χ0n) is 22.0. The van der Waals surface area contributed by atoms with Gasteiger partial charge >= 0.3 is 0 Å². The van der Waals surface area contributed by atoms with E-state index in [4.69, 9.17) is 9.47 Å². The third-order valence-corrected chi connectivity index (χ3v) is 8.54. The fourth-order valence-electron chi connectivity index (χ4n) is 4.65. The molecule has 40 heavy (non-hydrogen) atoms. The van der Waals surface area contributed by atoms with Gasteiger partial charge in [0.2, 0.25) is 22.1 Å². The summed E-state index contributed by atoms with van der Waals surface area (Å²) < 4.78 is 10.5. The van der Waals surface area contributed by atoms with Crippen LogP contribution in [-0.2, 0) is 22.4 Å². The number of carbonyl (C=O) groups excluding carboxylic acids is 2. The first-order valence-corrected chi connectivity index (χ1v) is 14.4. The summed E-state index contributed by atoms with van der Waals surface area (Å²) in [7, 11) is 3.10. The monoisotopic (exact) mass is 580 g/mol. The van der Waals surface area contributed by atoms with Crippen molar-refractivity contribution in [3.05, 3.63) is 58.1 Å². The van der Waals surface area contributed by atoms with Crippen molar-refractivity contribution in [1.82, 2.24) is 30.4 Å². The largest absolute Gasteiger partial charge is 0.495 e. The van der Waals surface area contributed by atoms with E-state index in [1.165, 1.54) is 22.7 Å². The fraction of sp³-hybridized carbons (Fsp3) is 0.385. The Morgan fingerprint density at radius 1 is 0.800 bits per heavy atom. The molecule has 0 spiro atoms. The minimum atomic E-state index is -0.230. The Hall–Kier alpha value is -4.04. The van der Waals surface area contributed by atoms with Gasteiger partial charge in [-0.2, -0.15) is 0 Å². The SMILES string of the molecule is COc1cccnc1CC(=O)Nc1nnc([C@@H]2CCC[C@@H](c3nnc(NC(=O)Cc4ncccc4OC)s3)C2)s1. The first kappa shape index (κ1) is 27.5. The molecule has 2 amide bonds. The highest BCUT2D eigenvalue weighted by molar-refractivity contribution is 7.15. The molecule has 2 atom stereocenters. The van der Waals surface area contributed by atoms with Gasteiger partial charge in [0, 0.05) is 24.2 Å². The summed E-state index contributed by atoms with van der Waals surface area (Å²) in [5, 5.41) is 25.5. The lowest BCUT2D eigenvalue weighted by molar-refractivity contribution is -0.116. The minimum absolute atomic E-state index is 0.0791. The molecule has 5 rings (SSSR count). The molecule has 0 aliphatic heterocycles. The molecule has 0 unspecified atom stereocenters. The van der Waals surface area contributed by atoms with E-state index < -0.39 is 0 Å². The normalized spacial score (nSPS) is 16.8. The molecule has 1 aliphatic carbocycles. The molecule has 1 fully saturated rings. The number of anilines is 2. The number of nitrogens with zero attached hydrogens (tertiary/aromatic N) is 6. The van der Waals surface area contributed by atoms with Crippen molar-refractivity contribution in [1.29, 1.82) is 0 Å². The zero-order chi connectivity index (χ0) is 27.9. The number of ether oxygens (including phenoxy) is 2. The molecule has 4 aromatic heterocycles. The maximum absolute atomic E-state index is 12.6. The van der Waals surface area contributed by atoms with E-state index in [0.717, 1.165) is 35.7 Å². The van der Waals surface area contributed by atoms with Gasteiger partial charge in [-0.05, 0) is 43.5 Å². The number of aromatic nitrogens is 6. The van der Waals surface area contributed by atoms with Gasteiger partial charge in [-0.25, -0.2) is 0 Å². The molecule has 0 bridgehead atoms. The van der Waals surface area contributed by atoms with E-state index in [9.17, 15) is 9.59 Å². The Morgan fingerprint density at radius 3 is 1.73 bits per heavy atom. The number of nitrogens with one attached hydrogen (secondary N) is 2. The summed E-state index contributed by atoms with van der Waals surface area (Å²) in [5.41, 5.74) is 1.12. The zero-order valence-corrected chi connectivity index (χ0v) is 23.6. The van der Waals surface area contributed by atoms with Crippen molar-refractivity contribution in [2.45, 2.75) is 50.4 Å². The van der Waals surface area contributed by atoms with Gasteiger partial charge in [0.15, 0.2) is 0 Å². The van der Waals surface area contributed by atoms with E-state index in [2.05, 4.69) is 41.0 Å². The van der Waals surface area contributed by atoms with E-state index in [1.54, 1.807) is 50.9 Å². The number of rotatable bonds is 10. The van der Waals surface area contributed by atoms with Crippen molar-refractivity contribution >= 4 is 44.8 Å². The van der Waals surface area contributed by atoms with E-state index >= 15 is 0 Å².